The topological polar surface area (TPSA) is 69.3 Å². The smallest absolute Gasteiger partial charge is 0.310 e. The molecule has 0 radical (unpaired) electrons. The average Bonchev–Trinajstić information content (AvgIpc) is 3.28. The average molecular weight is 353 g/mol. The Morgan fingerprint density at radius 1 is 1.32 bits per heavy atom. The molecule has 0 aromatic heterocycles. The monoisotopic (exact) mass is 353 g/mol. The fourth-order valence-corrected chi connectivity index (χ4v) is 5.81. The van der Waals surface area contributed by atoms with Gasteiger partial charge < -0.3 is 24.3 Å². The predicted octanol–water partition coefficient (Wildman–Crippen LogP) is 1.72. The fraction of sp³-hybridized carbons (Fsp3) is 0.947. The molecule has 4 aliphatic rings. The Hall–Kier alpha value is -0.690. The Morgan fingerprint density at radius 3 is 2.76 bits per heavy atom. The molecule has 6 heteroatoms. The quantitative estimate of drug-likeness (QED) is 0.445. The van der Waals surface area contributed by atoms with Crippen LogP contribution in [-0.4, -0.2) is 57.9 Å². The summed E-state index contributed by atoms with van der Waals surface area (Å²) in [6.07, 6.45) is 5.49. The number of hydrogen-bond donors (Lipinski definition) is 1. The van der Waals surface area contributed by atoms with Crippen molar-refractivity contribution in [1.29, 1.82) is 0 Å². The van der Waals surface area contributed by atoms with Gasteiger partial charge in [0.1, 0.15) is 6.10 Å². The third kappa shape index (κ3) is 3.01. The molecule has 0 bridgehead atoms. The SMILES string of the molecule is COC(CNC[C@H]1C(=O)O[C@@H]2C[C@@]3(C)CCC[C@@]4(CO4)[C@H]3C[C@@H]21)OC. The lowest BCUT2D eigenvalue weighted by Crippen LogP contribution is -2.51. The molecule has 1 N–H and O–H groups in total. The van der Waals surface area contributed by atoms with Crippen LogP contribution in [0.5, 0.6) is 0 Å². The van der Waals surface area contributed by atoms with Gasteiger partial charge in [0.25, 0.3) is 0 Å². The van der Waals surface area contributed by atoms with E-state index in [4.69, 9.17) is 18.9 Å². The normalized spacial score (nSPS) is 45.4. The summed E-state index contributed by atoms with van der Waals surface area (Å²) in [5, 5.41) is 3.33. The molecular formula is C19H31NO5. The van der Waals surface area contributed by atoms with Crippen LogP contribution in [0.15, 0.2) is 0 Å². The van der Waals surface area contributed by atoms with Crippen LogP contribution in [0.1, 0.15) is 39.0 Å². The van der Waals surface area contributed by atoms with E-state index >= 15 is 0 Å². The highest BCUT2D eigenvalue weighted by Gasteiger charge is 2.64. The molecule has 0 aromatic carbocycles. The lowest BCUT2D eigenvalue weighted by atomic mass is 9.53. The van der Waals surface area contributed by atoms with Gasteiger partial charge in [-0.15, -0.1) is 0 Å². The molecule has 25 heavy (non-hydrogen) atoms. The zero-order valence-corrected chi connectivity index (χ0v) is 15.6. The summed E-state index contributed by atoms with van der Waals surface area (Å²) < 4.78 is 22.2. The first-order chi connectivity index (χ1) is 12.0. The Kier molecular flexibility index (Phi) is 4.59. The van der Waals surface area contributed by atoms with E-state index in [0.29, 0.717) is 24.9 Å². The van der Waals surface area contributed by atoms with Crippen molar-refractivity contribution in [2.24, 2.45) is 23.2 Å². The maximum absolute atomic E-state index is 12.5. The second kappa shape index (κ2) is 6.48. The van der Waals surface area contributed by atoms with Crippen molar-refractivity contribution >= 4 is 5.97 Å². The van der Waals surface area contributed by atoms with Gasteiger partial charge in [-0.3, -0.25) is 4.79 Å². The van der Waals surface area contributed by atoms with Crippen LogP contribution in [0, 0.1) is 23.2 Å². The van der Waals surface area contributed by atoms with Gasteiger partial charge in [-0.25, -0.2) is 0 Å². The van der Waals surface area contributed by atoms with Crippen LogP contribution < -0.4 is 5.32 Å². The van der Waals surface area contributed by atoms with Gasteiger partial charge in [-0.1, -0.05) is 6.92 Å². The molecule has 0 aromatic rings. The summed E-state index contributed by atoms with van der Waals surface area (Å²) >= 11 is 0. The van der Waals surface area contributed by atoms with Gasteiger partial charge in [-0.05, 0) is 43.4 Å². The lowest BCUT2D eigenvalue weighted by molar-refractivity contribution is -0.147. The van der Waals surface area contributed by atoms with E-state index in [1.807, 2.05) is 0 Å². The summed E-state index contributed by atoms with van der Waals surface area (Å²) in [6.45, 7) is 4.49. The molecule has 6 nitrogen and oxygen atoms in total. The number of carbonyl (C=O) groups excluding carboxylic acids is 1. The molecule has 2 heterocycles. The number of carbonyl (C=O) groups is 1. The highest BCUT2D eigenvalue weighted by Crippen LogP contribution is 2.62. The largest absolute Gasteiger partial charge is 0.462 e. The van der Waals surface area contributed by atoms with E-state index in [0.717, 1.165) is 19.4 Å². The zero-order valence-electron chi connectivity index (χ0n) is 15.6. The molecule has 4 rings (SSSR count). The highest BCUT2D eigenvalue weighted by atomic mass is 16.7. The molecule has 0 amide bonds. The fourth-order valence-electron chi connectivity index (χ4n) is 5.81. The summed E-state index contributed by atoms with van der Waals surface area (Å²) in [6, 6.07) is 0. The Morgan fingerprint density at radius 2 is 2.08 bits per heavy atom. The van der Waals surface area contributed by atoms with Crippen molar-refractivity contribution in [3.63, 3.8) is 0 Å². The predicted molar refractivity (Wildman–Crippen MR) is 90.9 cm³/mol. The second-order valence-electron chi connectivity index (χ2n) is 8.66. The van der Waals surface area contributed by atoms with Gasteiger partial charge in [0, 0.05) is 33.2 Å². The second-order valence-corrected chi connectivity index (χ2v) is 8.66. The van der Waals surface area contributed by atoms with E-state index in [2.05, 4.69) is 12.2 Å². The minimum absolute atomic E-state index is 0.0399. The van der Waals surface area contributed by atoms with Crippen LogP contribution in [0.25, 0.3) is 0 Å². The maximum atomic E-state index is 12.5. The van der Waals surface area contributed by atoms with Crippen LogP contribution in [-0.2, 0) is 23.7 Å². The first kappa shape index (κ1) is 17.7. The molecule has 0 unspecified atom stereocenters. The van der Waals surface area contributed by atoms with E-state index < -0.39 is 0 Å². The van der Waals surface area contributed by atoms with Crippen LogP contribution in [0.2, 0.25) is 0 Å². The van der Waals surface area contributed by atoms with E-state index in [-0.39, 0.29) is 35.3 Å². The number of hydrogen-bond acceptors (Lipinski definition) is 6. The summed E-state index contributed by atoms with van der Waals surface area (Å²) in [4.78, 5) is 12.5. The van der Waals surface area contributed by atoms with Gasteiger partial charge in [-0.2, -0.15) is 0 Å². The summed E-state index contributed by atoms with van der Waals surface area (Å²) in [5.41, 5.74) is 0.370. The number of nitrogens with one attached hydrogen (secondary N) is 1. The van der Waals surface area contributed by atoms with Gasteiger partial charge in [0.2, 0.25) is 0 Å². The van der Waals surface area contributed by atoms with Crippen LogP contribution in [0.3, 0.4) is 0 Å². The number of esters is 1. The lowest BCUT2D eigenvalue weighted by Gasteiger charge is -2.51. The number of methoxy groups -OCH3 is 2. The van der Waals surface area contributed by atoms with E-state index in [9.17, 15) is 4.79 Å². The standard InChI is InChI=1S/C19H31NO5/c1-18-5-4-6-19(11-24-19)15(18)7-12-13(17(21)25-14(12)8-18)9-20-10-16(22-2)23-3/h12-16,20H,4-11H2,1-3H3/t12-,13-,14-,15+,18-,19-/m1/s1. The van der Waals surface area contributed by atoms with Crippen molar-refractivity contribution in [1.82, 2.24) is 5.32 Å². The third-order valence-electron chi connectivity index (χ3n) is 7.28. The summed E-state index contributed by atoms with van der Waals surface area (Å²) in [7, 11) is 3.24. The molecule has 4 fully saturated rings. The first-order valence-electron chi connectivity index (χ1n) is 9.62. The minimum Gasteiger partial charge on any atom is -0.462 e. The van der Waals surface area contributed by atoms with Crippen molar-refractivity contribution in [2.75, 3.05) is 33.9 Å². The Bertz CT molecular complexity index is 518. The number of ether oxygens (including phenoxy) is 4. The maximum Gasteiger partial charge on any atom is 0.310 e. The molecule has 2 aliphatic carbocycles. The third-order valence-corrected chi connectivity index (χ3v) is 7.28. The summed E-state index contributed by atoms with van der Waals surface area (Å²) in [5.74, 6) is 0.766. The molecule has 2 saturated carbocycles. The minimum atomic E-state index is -0.288. The molecular weight excluding hydrogens is 322 g/mol. The van der Waals surface area contributed by atoms with Crippen LogP contribution in [0.4, 0.5) is 0 Å². The molecule has 142 valence electrons. The van der Waals surface area contributed by atoms with E-state index in [1.165, 1.54) is 19.3 Å². The molecule has 2 saturated heterocycles. The number of rotatable bonds is 6. The highest BCUT2D eigenvalue weighted by molar-refractivity contribution is 5.75. The van der Waals surface area contributed by atoms with Crippen molar-refractivity contribution in [2.45, 2.75) is 57.0 Å². The van der Waals surface area contributed by atoms with E-state index in [1.54, 1.807) is 14.2 Å². The zero-order chi connectivity index (χ0) is 17.7. The van der Waals surface area contributed by atoms with Crippen LogP contribution >= 0.6 is 0 Å². The van der Waals surface area contributed by atoms with Crippen molar-refractivity contribution < 1.29 is 23.7 Å². The van der Waals surface area contributed by atoms with Gasteiger partial charge in [0.05, 0.1) is 18.1 Å². The number of epoxide rings is 1. The number of fused-ring (bicyclic) bond motifs is 3. The Balaban J connectivity index is 1.43. The van der Waals surface area contributed by atoms with Crippen molar-refractivity contribution in [3.8, 4) is 0 Å². The first-order valence-corrected chi connectivity index (χ1v) is 9.62. The Labute approximate surface area is 149 Å². The molecule has 1 spiro atoms. The van der Waals surface area contributed by atoms with Gasteiger partial charge in [0.15, 0.2) is 6.29 Å². The van der Waals surface area contributed by atoms with Gasteiger partial charge >= 0.3 is 5.97 Å². The molecule has 6 atom stereocenters. The van der Waals surface area contributed by atoms with Crippen molar-refractivity contribution in [3.05, 3.63) is 0 Å². The molecule has 2 aliphatic heterocycles.